The number of hydrogen-bond acceptors (Lipinski definition) is 4. The van der Waals surface area contributed by atoms with Crippen molar-refractivity contribution in [3.8, 4) is 11.5 Å². The van der Waals surface area contributed by atoms with Crippen LogP contribution in [0.1, 0.15) is 70.8 Å². The smallest absolute Gasteiger partial charge is 0.330 e. The summed E-state index contributed by atoms with van der Waals surface area (Å²) in [6.07, 6.45) is 13.4. The molecular formula is C22H34O4. The molecule has 0 N–H and O–H groups in total. The monoisotopic (exact) mass is 362 g/mol. The summed E-state index contributed by atoms with van der Waals surface area (Å²) in [6.45, 7) is 5.10. The topological polar surface area (TPSA) is 44.8 Å². The fourth-order valence-electron chi connectivity index (χ4n) is 2.68. The van der Waals surface area contributed by atoms with Crippen molar-refractivity contribution in [1.82, 2.24) is 0 Å². The molecule has 0 unspecified atom stereocenters. The Bertz CT molecular complexity index is 537. The molecule has 4 heteroatoms. The molecule has 0 spiro atoms. The first-order valence-electron chi connectivity index (χ1n) is 9.87. The van der Waals surface area contributed by atoms with Gasteiger partial charge in [0, 0.05) is 6.08 Å². The van der Waals surface area contributed by atoms with Gasteiger partial charge in [-0.15, -0.1) is 0 Å². The normalized spacial score (nSPS) is 10.9. The predicted octanol–water partition coefficient (Wildman–Crippen LogP) is 5.79. The summed E-state index contributed by atoms with van der Waals surface area (Å²) in [6, 6.07) is 5.65. The Morgan fingerprint density at radius 2 is 1.65 bits per heavy atom. The maximum atomic E-state index is 11.4. The van der Waals surface area contributed by atoms with E-state index in [1.807, 2.05) is 18.2 Å². The molecule has 146 valence electrons. The molecule has 0 fully saturated rings. The van der Waals surface area contributed by atoms with Crippen LogP contribution in [0.25, 0.3) is 6.08 Å². The highest BCUT2D eigenvalue weighted by atomic mass is 16.5. The number of carbonyl (C=O) groups excluding carboxylic acids is 1. The second kappa shape index (κ2) is 14.2. The van der Waals surface area contributed by atoms with Gasteiger partial charge in [0.25, 0.3) is 0 Å². The van der Waals surface area contributed by atoms with Crippen LogP contribution in [-0.4, -0.2) is 26.3 Å². The van der Waals surface area contributed by atoms with E-state index in [0.29, 0.717) is 19.0 Å². The van der Waals surface area contributed by atoms with E-state index in [-0.39, 0.29) is 5.97 Å². The van der Waals surface area contributed by atoms with Crippen molar-refractivity contribution in [3.63, 3.8) is 0 Å². The lowest BCUT2D eigenvalue weighted by Crippen LogP contribution is -2.00. The average Bonchev–Trinajstić information content (AvgIpc) is 2.65. The van der Waals surface area contributed by atoms with Gasteiger partial charge in [-0.2, -0.15) is 0 Å². The molecule has 1 rings (SSSR count). The van der Waals surface area contributed by atoms with Gasteiger partial charge < -0.3 is 14.2 Å². The van der Waals surface area contributed by atoms with Gasteiger partial charge in [-0.25, -0.2) is 4.79 Å². The molecule has 1 aromatic carbocycles. The Labute approximate surface area is 158 Å². The van der Waals surface area contributed by atoms with Crippen LogP contribution in [0.15, 0.2) is 24.3 Å². The summed E-state index contributed by atoms with van der Waals surface area (Å²) in [5, 5.41) is 0. The van der Waals surface area contributed by atoms with Crippen molar-refractivity contribution in [1.29, 1.82) is 0 Å². The molecule has 0 aromatic heterocycles. The third-order valence-corrected chi connectivity index (χ3v) is 4.14. The zero-order valence-corrected chi connectivity index (χ0v) is 16.6. The van der Waals surface area contributed by atoms with Crippen LogP contribution < -0.4 is 9.47 Å². The van der Waals surface area contributed by atoms with Gasteiger partial charge in [-0.3, -0.25) is 0 Å². The van der Waals surface area contributed by atoms with E-state index in [1.165, 1.54) is 51.0 Å². The first kappa shape index (κ1) is 22.1. The number of rotatable bonds is 14. The molecule has 0 aliphatic rings. The molecule has 4 nitrogen and oxygen atoms in total. The Kier molecular flexibility index (Phi) is 12.1. The van der Waals surface area contributed by atoms with Gasteiger partial charge in [0.05, 0.1) is 20.3 Å². The zero-order valence-electron chi connectivity index (χ0n) is 16.6. The maximum absolute atomic E-state index is 11.4. The molecule has 1 aromatic rings. The van der Waals surface area contributed by atoms with Crippen LogP contribution >= 0.6 is 0 Å². The van der Waals surface area contributed by atoms with Crippen molar-refractivity contribution in [2.45, 2.75) is 65.2 Å². The fourth-order valence-corrected chi connectivity index (χ4v) is 2.68. The van der Waals surface area contributed by atoms with Gasteiger partial charge in [-0.1, -0.05) is 57.9 Å². The minimum absolute atomic E-state index is 0.346. The molecule has 0 radical (unpaired) electrons. The maximum Gasteiger partial charge on any atom is 0.330 e. The van der Waals surface area contributed by atoms with Crippen LogP contribution in [0, 0.1) is 0 Å². The molecule has 26 heavy (non-hydrogen) atoms. The number of hydrogen-bond donors (Lipinski definition) is 0. The number of carbonyl (C=O) groups is 1. The van der Waals surface area contributed by atoms with Gasteiger partial charge in [-0.05, 0) is 37.1 Å². The Morgan fingerprint density at radius 1 is 0.962 bits per heavy atom. The number of unbranched alkanes of at least 4 members (excludes halogenated alkanes) is 7. The van der Waals surface area contributed by atoms with Crippen LogP contribution in [0.2, 0.25) is 0 Å². The molecule has 0 bridgehead atoms. The highest BCUT2D eigenvalue weighted by Crippen LogP contribution is 2.28. The summed E-state index contributed by atoms with van der Waals surface area (Å²) in [7, 11) is 1.62. The van der Waals surface area contributed by atoms with E-state index in [9.17, 15) is 4.79 Å². The standard InChI is InChI=1S/C22H34O4/c1-4-6-7-8-9-10-11-12-17-26-20-15-13-19(18-21(20)24-3)14-16-22(23)25-5-2/h13-16,18H,4-12,17H2,1-3H3. The third kappa shape index (κ3) is 9.50. The van der Waals surface area contributed by atoms with Gasteiger partial charge >= 0.3 is 5.97 Å². The predicted molar refractivity (Wildman–Crippen MR) is 107 cm³/mol. The van der Waals surface area contributed by atoms with E-state index in [1.54, 1.807) is 20.1 Å². The molecule has 0 aliphatic heterocycles. The summed E-state index contributed by atoms with van der Waals surface area (Å²) < 4.78 is 16.1. The van der Waals surface area contributed by atoms with Crippen LogP contribution in [0.5, 0.6) is 11.5 Å². The average molecular weight is 363 g/mol. The second-order valence-electron chi connectivity index (χ2n) is 6.32. The van der Waals surface area contributed by atoms with E-state index in [4.69, 9.17) is 14.2 Å². The largest absolute Gasteiger partial charge is 0.493 e. The first-order valence-corrected chi connectivity index (χ1v) is 9.87. The molecule has 0 saturated heterocycles. The van der Waals surface area contributed by atoms with Crippen molar-refractivity contribution in [3.05, 3.63) is 29.8 Å². The van der Waals surface area contributed by atoms with Gasteiger partial charge in [0.1, 0.15) is 0 Å². The van der Waals surface area contributed by atoms with E-state index >= 15 is 0 Å². The summed E-state index contributed by atoms with van der Waals surface area (Å²) in [5.74, 6) is 1.07. The molecule has 0 atom stereocenters. The molecule has 0 heterocycles. The Balaban J connectivity index is 2.35. The van der Waals surface area contributed by atoms with Gasteiger partial charge in [0.15, 0.2) is 11.5 Å². The van der Waals surface area contributed by atoms with Crippen molar-refractivity contribution < 1.29 is 19.0 Å². The number of esters is 1. The molecule has 0 amide bonds. The lowest BCUT2D eigenvalue weighted by Gasteiger charge is -2.11. The lowest BCUT2D eigenvalue weighted by molar-refractivity contribution is -0.137. The van der Waals surface area contributed by atoms with Crippen LogP contribution in [-0.2, 0) is 9.53 Å². The van der Waals surface area contributed by atoms with Crippen LogP contribution in [0.3, 0.4) is 0 Å². The second-order valence-corrected chi connectivity index (χ2v) is 6.32. The Morgan fingerprint density at radius 3 is 2.31 bits per heavy atom. The summed E-state index contributed by atoms with van der Waals surface area (Å²) in [5.41, 5.74) is 0.870. The summed E-state index contributed by atoms with van der Waals surface area (Å²) in [4.78, 5) is 11.4. The summed E-state index contributed by atoms with van der Waals surface area (Å²) >= 11 is 0. The minimum Gasteiger partial charge on any atom is -0.493 e. The van der Waals surface area contributed by atoms with Gasteiger partial charge in [0.2, 0.25) is 0 Å². The number of ether oxygens (including phenoxy) is 3. The van der Waals surface area contributed by atoms with Crippen molar-refractivity contribution >= 4 is 12.0 Å². The number of benzene rings is 1. The van der Waals surface area contributed by atoms with E-state index in [0.717, 1.165) is 17.7 Å². The van der Waals surface area contributed by atoms with E-state index in [2.05, 4.69) is 6.92 Å². The Hall–Kier alpha value is -1.97. The molecule has 0 aliphatic carbocycles. The van der Waals surface area contributed by atoms with E-state index < -0.39 is 0 Å². The van der Waals surface area contributed by atoms with Crippen molar-refractivity contribution in [2.24, 2.45) is 0 Å². The van der Waals surface area contributed by atoms with Crippen LogP contribution in [0.4, 0.5) is 0 Å². The first-order chi connectivity index (χ1) is 12.7. The fraction of sp³-hybridized carbons (Fsp3) is 0.591. The third-order valence-electron chi connectivity index (χ3n) is 4.14. The minimum atomic E-state index is -0.346. The highest BCUT2D eigenvalue weighted by molar-refractivity contribution is 5.87. The zero-order chi connectivity index (χ0) is 19.0. The number of methoxy groups -OCH3 is 1. The lowest BCUT2D eigenvalue weighted by atomic mass is 10.1. The molecular weight excluding hydrogens is 328 g/mol. The van der Waals surface area contributed by atoms with Crippen molar-refractivity contribution in [2.75, 3.05) is 20.3 Å². The molecule has 0 saturated carbocycles. The quantitative estimate of drug-likeness (QED) is 0.239. The SMILES string of the molecule is CCCCCCCCCCOc1ccc(C=CC(=O)OCC)cc1OC. The highest BCUT2D eigenvalue weighted by Gasteiger charge is 2.05.